The molecule has 4 heteroatoms. The smallest absolute Gasteiger partial charge is 0.181 e. The second kappa shape index (κ2) is 3.87. The number of hydrogen-bond donors (Lipinski definition) is 1. The van der Waals surface area contributed by atoms with Crippen LogP contribution in [-0.2, 0) is 0 Å². The van der Waals surface area contributed by atoms with Gasteiger partial charge in [-0.3, -0.25) is 5.10 Å². The van der Waals surface area contributed by atoms with Crippen LogP contribution in [0, 0.1) is 0 Å². The van der Waals surface area contributed by atoms with Crippen LogP contribution in [0.2, 0.25) is 0 Å². The predicted molar refractivity (Wildman–Crippen MR) is 63.4 cm³/mol. The molecule has 3 rings (SSSR count). The number of piperidine rings is 1. The van der Waals surface area contributed by atoms with Crippen molar-refractivity contribution >= 4 is 11.0 Å². The Morgan fingerprint density at radius 1 is 1.38 bits per heavy atom. The molecule has 0 amide bonds. The maximum atomic E-state index is 4.26. The fraction of sp³-hybridized carbons (Fsp3) is 0.500. The van der Waals surface area contributed by atoms with E-state index in [-0.39, 0.29) is 0 Å². The summed E-state index contributed by atoms with van der Waals surface area (Å²) < 4.78 is 0. The third-order valence-electron chi connectivity index (χ3n) is 3.49. The summed E-state index contributed by atoms with van der Waals surface area (Å²) in [7, 11) is 2.18. The van der Waals surface area contributed by atoms with Crippen LogP contribution in [0.5, 0.6) is 0 Å². The molecule has 3 heterocycles. The van der Waals surface area contributed by atoms with Gasteiger partial charge in [0.25, 0.3) is 0 Å². The predicted octanol–water partition coefficient (Wildman–Crippen LogP) is 1.77. The van der Waals surface area contributed by atoms with Crippen LogP contribution < -0.4 is 0 Å². The summed E-state index contributed by atoms with van der Waals surface area (Å²) in [5, 5.41) is 8.62. The molecule has 0 atom stereocenters. The molecule has 0 spiro atoms. The zero-order valence-electron chi connectivity index (χ0n) is 9.48. The van der Waals surface area contributed by atoms with Crippen LogP contribution in [0.1, 0.15) is 24.5 Å². The number of hydrogen-bond acceptors (Lipinski definition) is 3. The van der Waals surface area contributed by atoms with Crippen molar-refractivity contribution in [1.82, 2.24) is 20.1 Å². The molecule has 1 saturated heterocycles. The number of H-pyrrole nitrogens is 1. The molecule has 4 nitrogen and oxygen atoms in total. The van der Waals surface area contributed by atoms with E-state index in [2.05, 4.69) is 33.2 Å². The maximum absolute atomic E-state index is 4.26. The van der Waals surface area contributed by atoms with Crippen LogP contribution in [0.25, 0.3) is 11.0 Å². The van der Waals surface area contributed by atoms with Crippen molar-refractivity contribution in [2.75, 3.05) is 20.1 Å². The zero-order valence-corrected chi connectivity index (χ0v) is 9.48. The number of likely N-dealkylation sites (tertiary alicyclic amines) is 1. The molecule has 0 bridgehead atoms. The lowest BCUT2D eigenvalue weighted by atomic mass is 9.92. The van der Waals surface area contributed by atoms with Crippen molar-refractivity contribution in [2.45, 2.75) is 18.8 Å². The molecule has 0 aromatic carbocycles. The SMILES string of the molecule is CN1CCC(c2[nH]nc3ncccc23)CC1. The van der Waals surface area contributed by atoms with E-state index in [1.165, 1.54) is 37.0 Å². The van der Waals surface area contributed by atoms with Crippen LogP contribution in [0.4, 0.5) is 0 Å². The number of nitrogens with one attached hydrogen (secondary N) is 1. The monoisotopic (exact) mass is 216 g/mol. The largest absolute Gasteiger partial charge is 0.306 e. The minimum absolute atomic E-state index is 0.616. The Balaban J connectivity index is 1.94. The van der Waals surface area contributed by atoms with E-state index in [0.717, 1.165) is 5.65 Å². The van der Waals surface area contributed by atoms with Crippen molar-refractivity contribution in [3.8, 4) is 0 Å². The highest BCUT2D eigenvalue weighted by Crippen LogP contribution is 2.30. The van der Waals surface area contributed by atoms with Gasteiger partial charge in [0.1, 0.15) is 0 Å². The molecule has 0 unspecified atom stereocenters. The lowest BCUT2D eigenvalue weighted by Gasteiger charge is -2.28. The second-order valence-corrected chi connectivity index (χ2v) is 4.59. The molecule has 0 radical (unpaired) electrons. The van der Waals surface area contributed by atoms with Crippen molar-refractivity contribution < 1.29 is 0 Å². The first kappa shape index (κ1) is 9.78. The van der Waals surface area contributed by atoms with Gasteiger partial charge in [0.05, 0.1) is 0 Å². The maximum Gasteiger partial charge on any atom is 0.181 e. The average molecular weight is 216 g/mol. The highest BCUT2D eigenvalue weighted by molar-refractivity contribution is 5.77. The highest BCUT2D eigenvalue weighted by atomic mass is 15.2. The molecule has 2 aromatic heterocycles. The zero-order chi connectivity index (χ0) is 11.0. The molecule has 1 aliphatic rings. The standard InChI is InChI=1S/C12H16N4/c1-16-7-4-9(5-8-16)11-10-3-2-6-13-12(10)15-14-11/h2-3,6,9H,4-5,7-8H2,1H3,(H,13,14,15). The summed E-state index contributed by atoms with van der Waals surface area (Å²) in [5.41, 5.74) is 2.12. The lowest BCUT2D eigenvalue weighted by molar-refractivity contribution is 0.254. The molecule has 0 saturated carbocycles. The van der Waals surface area contributed by atoms with Crippen molar-refractivity contribution in [1.29, 1.82) is 0 Å². The quantitative estimate of drug-likeness (QED) is 0.790. The third kappa shape index (κ3) is 1.59. The van der Waals surface area contributed by atoms with Gasteiger partial charge in [-0.1, -0.05) is 0 Å². The van der Waals surface area contributed by atoms with Gasteiger partial charge in [0, 0.05) is 23.2 Å². The Hall–Kier alpha value is -1.42. The van der Waals surface area contributed by atoms with E-state index in [1.807, 2.05) is 6.07 Å². The first-order valence-electron chi connectivity index (χ1n) is 5.82. The average Bonchev–Trinajstić information content (AvgIpc) is 2.74. The van der Waals surface area contributed by atoms with Crippen LogP contribution in [0.3, 0.4) is 0 Å². The molecule has 16 heavy (non-hydrogen) atoms. The summed E-state index contributed by atoms with van der Waals surface area (Å²) >= 11 is 0. The van der Waals surface area contributed by atoms with E-state index >= 15 is 0 Å². The fourth-order valence-corrected chi connectivity index (χ4v) is 2.48. The topological polar surface area (TPSA) is 44.8 Å². The Labute approximate surface area is 94.7 Å². The number of aromatic amines is 1. The van der Waals surface area contributed by atoms with Gasteiger partial charge in [-0.2, -0.15) is 5.10 Å². The number of nitrogens with zero attached hydrogens (tertiary/aromatic N) is 3. The molecule has 0 aliphatic carbocycles. The normalized spacial score (nSPS) is 19.3. The van der Waals surface area contributed by atoms with Gasteiger partial charge in [0.2, 0.25) is 0 Å². The van der Waals surface area contributed by atoms with E-state index in [0.29, 0.717) is 5.92 Å². The molecule has 1 aliphatic heterocycles. The van der Waals surface area contributed by atoms with Crippen LogP contribution in [-0.4, -0.2) is 40.2 Å². The van der Waals surface area contributed by atoms with Crippen molar-refractivity contribution in [3.05, 3.63) is 24.0 Å². The number of aromatic nitrogens is 3. The number of pyridine rings is 1. The molecule has 1 N–H and O–H groups in total. The third-order valence-corrected chi connectivity index (χ3v) is 3.49. The lowest BCUT2D eigenvalue weighted by Crippen LogP contribution is -2.29. The minimum atomic E-state index is 0.616. The van der Waals surface area contributed by atoms with Crippen molar-refractivity contribution in [3.63, 3.8) is 0 Å². The van der Waals surface area contributed by atoms with Gasteiger partial charge in [-0.15, -0.1) is 0 Å². The molecule has 84 valence electrons. The van der Waals surface area contributed by atoms with Gasteiger partial charge in [-0.25, -0.2) is 4.98 Å². The van der Waals surface area contributed by atoms with Gasteiger partial charge in [0.15, 0.2) is 5.65 Å². The Morgan fingerprint density at radius 2 is 2.19 bits per heavy atom. The fourth-order valence-electron chi connectivity index (χ4n) is 2.48. The summed E-state index contributed by atoms with van der Waals surface area (Å²) in [5.74, 6) is 0.616. The molecular formula is C12H16N4. The minimum Gasteiger partial charge on any atom is -0.306 e. The van der Waals surface area contributed by atoms with E-state index < -0.39 is 0 Å². The highest BCUT2D eigenvalue weighted by Gasteiger charge is 2.21. The Morgan fingerprint density at radius 3 is 3.00 bits per heavy atom. The van der Waals surface area contributed by atoms with E-state index in [4.69, 9.17) is 0 Å². The number of fused-ring (bicyclic) bond motifs is 1. The van der Waals surface area contributed by atoms with Gasteiger partial charge in [-0.05, 0) is 45.1 Å². The van der Waals surface area contributed by atoms with Gasteiger partial charge >= 0.3 is 0 Å². The Bertz CT molecular complexity index is 482. The van der Waals surface area contributed by atoms with Crippen molar-refractivity contribution in [2.24, 2.45) is 0 Å². The summed E-state index contributed by atoms with van der Waals surface area (Å²) in [4.78, 5) is 6.64. The second-order valence-electron chi connectivity index (χ2n) is 4.59. The van der Waals surface area contributed by atoms with E-state index in [9.17, 15) is 0 Å². The molecule has 1 fully saturated rings. The first-order valence-corrected chi connectivity index (χ1v) is 5.82. The molecular weight excluding hydrogens is 200 g/mol. The summed E-state index contributed by atoms with van der Waals surface area (Å²) in [6.45, 7) is 2.34. The Kier molecular flexibility index (Phi) is 2.36. The summed E-state index contributed by atoms with van der Waals surface area (Å²) in [6, 6.07) is 4.09. The van der Waals surface area contributed by atoms with Gasteiger partial charge < -0.3 is 4.90 Å². The molecule has 2 aromatic rings. The summed E-state index contributed by atoms with van der Waals surface area (Å²) in [6.07, 6.45) is 4.22. The van der Waals surface area contributed by atoms with E-state index in [1.54, 1.807) is 6.20 Å². The van der Waals surface area contributed by atoms with Crippen LogP contribution in [0.15, 0.2) is 18.3 Å². The van der Waals surface area contributed by atoms with Crippen LogP contribution >= 0.6 is 0 Å². The first-order chi connectivity index (χ1) is 7.84. The number of rotatable bonds is 1.